The lowest BCUT2D eigenvalue weighted by Crippen LogP contribution is -2.35. The SMILES string of the molecule is Cn1c(SCC(=O)NC2CCCCCC2)nnc1-c1ccccc1F. The summed E-state index contributed by atoms with van der Waals surface area (Å²) in [5.74, 6) is 0.442. The zero-order valence-electron chi connectivity index (χ0n) is 14.4. The molecule has 5 nitrogen and oxygen atoms in total. The molecule has 1 aromatic carbocycles. The van der Waals surface area contributed by atoms with Crippen LogP contribution in [0, 0.1) is 5.82 Å². The molecule has 7 heteroatoms. The second-order valence-electron chi connectivity index (χ2n) is 6.39. The zero-order valence-corrected chi connectivity index (χ0v) is 15.2. The molecule has 0 unspecified atom stereocenters. The molecule has 1 aliphatic carbocycles. The largest absolute Gasteiger partial charge is 0.353 e. The molecule has 0 radical (unpaired) electrons. The molecule has 1 aliphatic rings. The molecule has 1 amide bonds. The van der Waals surface area contributed by atoms with E-state index in [0.717, 1.165) is 12.8 Å². The number of nitrogens with one attached hydrogen (secondary N) is 1. The van der Waals surface area contributed by atoms with Crippen molar-refractivity contribution in [2.24, 2.45) is 7.05 Å². The van der Waals surface area contributed by atoms with Gasteiger partial charge in [-0.25, -0.2) is 4.39 Å². The number of hydrogen-bond acceptors (Lipinski definition) is 4. The van der Waals surface area contributed by atoms with Gasteiger partial charge in [-0.15, -0.1) is 10.2 Å². The average molecular weight is 362 g/mol. The number of thioether (sulfide) groups is 1. The van der Waals surface area contributed by atoms with E-state index in [0.29, 0.717) is 28.3 Å². The van der Waals surface area contributed by atoms with Gasteiger partial charge in [-0.05, 0) is 25.0 Å². The summed E-state index contributed by atoms with van der Waals surface area (Å²) in [6.45, 7) is 0. The van der Waals surface area contributed by atoms with Crippen molar-refractivity contribution in [1.29, 1.82) is 0 Å². The lowest BCUT2D eigenvalue weighted by Gasteiger charge is -2.15. The topological polar surface area (TPSA) is 59.8 Å². The van der Waals surface area contributed by atoms with Gasteiger partial charge in [0.1, 0.15) is 5.82 Å². The maximum Gasteiger partial charge on any atom is 0.230 e. The first-order valence-corrected chi connectivity index (χ1v) is 9.70. The molecule has 1 fully saturated rings. The van der Waals surface area contributed by atoms with Crippen LogP contribution in [0.1, 0.15) is 38.5 Å². The summed E-state index contributed by atoms with van der Waals surface area (Å²) in [5, 5.41) is 11.9. The first-order valence-electron chi connectivity index (χ1n) is 8.71. The summed E-state index contributed by atoms with van der Waals surface area (Å²) in [6.07, 6.45) is 7.04. The van der Waals surface area contributed by atoms with E-state index in [1.165, 1.54) is 43.5 Å². The summed E-state index contributed by atoms with van der Waals surface area (Å²) in [6, 6.07) is 6.77. The van der Waals surface area contributed by atoms with E-state index < -0.39 is 0 Å². The number of rotatable bonds is 5. The van der Waals surface area contributed by atoms with E-state index >= 15 is 0 Å². The maximum absolute atomic E-state index is 13.9. The van der Waals surface area contributed by atoms with Gasteiger partial charge in [0.15, 0.2) is 11.0 Å². The van der Waals surface area contributed by atoms with E-state index in [2.05, 4.69) is 15.5 Å². The Balaban J connectivity index is 1.58. The highest BCUT2D eigenvalue weighted by Gasteiger charge is 2.17. The van der Waals surface area contributed by atoms with E-state index in [4.69, 9.17) is 0 Å². The van der Waals surface area contributed by atoms with Crippen LogP contribution in [0.2, 0.25) is 0 Å². The van der Waals surface area contributed by atoms with Crippen LogP contribution in [0.4, 0.5) is 4.39 Å². The second-order valence-corrected chi connectivity index (χ2v) is 7.33. The summed E-state index contributed by atoms with van der Waals surface area (Å²) in [7, 11) is 1.79. The number of aromatic nitrogens is 3. The summed E-state index contributed by atoms with van der Waals surface area (Å²) >= 11 is 1.33. The van der Waals surface area contributed by atoms with Crippen LogP contribution >= 0.6 is 11.8 Å². The second kappa shape index (κ2) is 8.47. The minimum Gasteiger partial charge on any atom is -0.353 e. The molecule has 1 saturated carbocycles. The number of halogens is 1. The Hall–Kier alpha value is -1.89. The predicted octanol–water partition coefficient (Wildman–Crippen LogP) is 3.55. The van der Waals surface area contributed by atoms with Gasteiger partial charge in [0.05, 0.1) is 11.3 Å². The quantitative estimate of drug-likeness (QED) is 0.653. The molecule has 25 heavy (non-hydrogen) atoms. The van der Waals surface area contributed by atoms with Crippen LogP contribution in [0.25, 0.3) is 11.4 Å². The monoisotopic (exact) mass is 362 g/mol. The van der Waals surface area contributed by atoms with Gasteiger partial charge in [0.2, 0.25) is 5.91 Å². The zero-order chi connectivity index (χ0) is 17.6. The van der Waals surface area contributed by atoms with Crippen molar-refractivity contribution >= 4 is 17.7 Å². The fourth-order valence-corrected chi connectivity index (χ4v) is 3.86. The first kappa shape index (κ1) is 17.9. The van der Waals surface area contributed by atoms with E-state index in [9.17, 15) is 9.18 Å². The fourth-order valence-electron chi connectivity index (χ4n) is 3.14. The van der Waals surface area contributed by atoms with Crippen LogP contribution in [0.15, 0.2) is 29.4 Å². The van der Waals surface area contributed by atoms with Crippen molar-refractivity contribution in [2.75, 3.05) is 5.75 Å². The Bertz CT molecular complexity index is 726. The van der Waals surface area contributed by atoms with Crippen molar-refractivity contribution in [3.05, 3.63) is 30.1 Å². The Morgan fingerprint density at radius 2 is 1.96 bits per heavy atom. The van der Waals surface area contributed by atoms with Gasteiger partial charge < -0.3 is 9.88 Å². The Morgan fingerprint density at radius 1 is 1.24 bits per heavy atom. The smallest absolute Gasteiger partial charge is 0.230 e. The van der Waals surface area contributed by atoms with Crippen molar-refractivity contribution in [1.82, 2.24) is 20.1 Å². The van der Waals surface area contributed by atoms with Crippen molar-refractivity contribution in [3.63, 3.8) is 0 Å². The number of benzene rings is 1. The minimum atomic E-state index is -0.333. The minimum absolute atomic E-state index is 0.0207. The summed E-state index contributed by atoms with van der Waals surface area (Å²) in [4.78, 5) is 12.2. The van der Waals surface area contributed by atoms with Crippen molar-refractivity contribution < 1.29 is 9.18 Å². The third kappa shape index (κ3) is 4.60. The molecule has 0 saturated heterocycles. The molecular weight excluding hydrogens is 339 g/mol. The molecular formula is C18H23FN4OS. The Labute approximate surface area is 151 Å². The molecule has 0 spiro atoms. The molecule has 2 aromatic rings. The van der Waals surface area contributed by atoms with Crippen LogP contribution in [0.5, 0.6) is 0 Å². The maximum atomic E-state index is 13.9. The summed E-state index contributed by atoms with van der Waals surface area (Å²) in [5.41, 5.74) is 0.409. The highest BCUT2D eigenvalue weighted by atomic mass is 32.2. The number of amides is 1. The van der Waals surface area contributed by atoms with Gasteiger partial charge in [0, 0.05) is 13.1 Å². The number of nitrogens with zero attached hydrogens (tertiary/aromatic N) is 3. The van der Waals surface area contributed by atoms with Crippen molar-refractivity contribution in [3.8, 4) is 11.4 Å². The van der Waals surface area contributed by atoms with E-state index in [1.807, 2.05) is 0 Å². The molecule has 1 N–H and O–H groups in total. The van der Waals surface area contributed by atoms with Crippen molar-refractivity contribution in [2.45, 2.75) is 49.7 Å². The standard InChI is InChI=1S/C18H23FN4OS/c1-23-17(14-10-6-7-11-15(14)19)21-22-18(23)25-12-16(24)20-13-8-4-2-3-5-9-13/h6-7,10-11,13H,2-5,8-9,12H2,1H3,(H,20,24). The molecule has 1 heterocycles. The average Bonchev–Trinajstić information content (AvgIpc) is 2.80. The highest BCUT2D eigenvalue weighted by molar-refractivity contribution is 7.99. The van der Waals surface area contributed by atoms with Crippen LogP contribution < -0.4 is 5.32 Å². The van der Waals surface area contributed by atoms with Crippen LogP contribution in [-0.4, -0.2) is 32.5 Å². The lowest BCUT2D eigenvalue weighted by atomic mass is 10.1. The number of hydrogen-bond donors (Lipinski definition) is 1. The summed E-state index contributed by atoms with van der Waals surface area (Å²) < 4.78 is 15.6. The van der Waals surface area contributed by atoms with Crippen LogP contribution in [-0.2, 0) is 11.8 Å². The molecule has 3 rings (SSSR count). The van der Waals surface area contributed by atoms with E-state index in [-0.39, 0.29) is 11.7 Å². The van der Waals surface area contributed by atoms with Gasteiger partial charge in [0.25, 0.3) is 0 Å². The van der Waals surface area contributed by atoms with Gasteiger partial charge in [-0.2, -0.15) is 0 Å². The third-order valence-corrected chi connectivity index (χ3v) is 5.52. The Morgan fingerprint density at radius 3 is 2.68 bits per heavy atom. The molecule has 0 atom stereocenters. The molecule has 134 valence electrons. The van der Waals surface area contributed by atoms with Gasteiger partial charge in [-0.3, -0.25) is 4.79 Å². The first-order chi connectivity index (χ1) is 12.1. The van der Waals surface area contributed by atoms with Gasteiger partial charge >= 0.3 is 0 Å². The molecule has 1 aromatic heterocycles. The molecule has 0 bridgehead atoms. The highest BCUT2D eigenvalue weighted by Crippen LogP contribution is 2.24. The molecule has 0 aliphatic heterocycles. The van der Waals surface area contributed by atoms with Gasteiger partial charge in [-0.1, -0.05) is 49.6 Å². The third-order valence-electron chi connectivity index (χ3n) is 4.50. The van der Waals surface area contributed by atoms with E-state index in [1.54, 1.807) is 29.8 Å². The predicted molar refractivity (Wildman–Crippen MR) is 96.8 cm³/mol. The number of carbonyl (C=O) groups excluding carboxylic acids is 1. The normalized spacial score (nSPS) is 15.8. The fraction of sp³-hybridized carbons (Fsp3) is 0.500. The number of carbonyl (C=O) groups is 1. The lowest BCUT2D eigenvalue weighted by molar-refractivity contribution is -0.119. The van der Waals surface area contributed by atoms with Crippen LogP contribution in [0.3, 0.4) is 0 Å². The Kier molecular flexibility index (Phi) is 6.07.